The van der Waals surface area contributed by atoms with E-state index in [1.807, 2.05) is 0 Å². The quantitative estimate of drug-likeness (QED) is 0.337. The van der Waals surface area contributed by atoms with Crippen LogP contribution in [-0.2, 0) is 23.8 Å². The Morgan fingerprint density at radius 1 is 1.22 bits per heavy atom. The lowest BCUT2D eigenvalue weighted by atomic mass is 9.95. The third-order valence-electron chi connectivity index (χ3n) is 5.67. The first kappa shape index (κ1) is 24.0. The van der Waals surface area contributed by atoms with E-state index >= 15 is 0 Å². The predicted molar refractivity (Wildman–Crippen MR) is 125 cm³/mol. The van der Waals surface area contributed by atoms with Crippen LogP contribution in [0.4, 0.5) is 18.2 Å². The van der Waals surface area contributed by atoms with Gasteiger partial charge in [0.05, 0.1) is 17.9 Å². The van der Waals surface area contributed by atoms with Crippen molar-refractivity contribution in [1.82, 2.24) is 14.6 Å². The van der Waals surface area contributed by atoms with Crippen molar-refractivity contribution in [2.75, 3.05) is 5.32 Å². The zero-order chi connectivity index (χ0) is 25.6. The topological polar surface area (TPSA) is 98.7 Å². The summed E-state index contributed by atoms with van der Waals surface area (Å²) in [5.41, 5.74) is -0.450. The maximum Gasteiger partial charge on any atom is 0.433 e. The molecule has 0 unspecified atom stereocenters. The van der Waals surface area contributed by atoms with Crippen molar-refractivity contribution in [2.45, 2.75) is 51.8 Å². The van der Waals surface area contributed by atoms with Gasteiger partial charge in [0.15, 0.2) is 22.8 Å². The van der Waals surface area contributed by atoms with Crippen molar-refractivity contribution < 1.29 is 31.9 Å². The van der Waals surface area contributed by atoms with Crippen LogP contribution >= 0.6 is 11.3 Å². The molecule has 1 N–H and O–H groups in total. The number of rotatable bonds is 5. The number of amides is 1. The van der Waals surface area contributed by atoms with Gasteiger partial charge in [0.2, 0.25) is 0 Å². The Morgan fingerprint density at radius 2 is 2.00 bits per heavy atom. The number of alkyl halides is 3. The van der Waals surface area contributed by atoms with E-state index in [2.05, 4.69) is 15.4 Å². The first-order valence-electron chi connectivity index (χ1n) is 11.3. The van der Waals surface area contributed by atoms with E-state index in [1.54, 1.807) is 13.8 Å². The number of furan rings is 1. The average molecular weight is 519 g/mol. The van der Waals surface area contributed by atoms with Crippen molar-refractivity contribution in [1.29, 1.82) is 0 Å². The Kier molecular flexibility index (Phi) is 6.07. The van der Waals surface area contributed by atoms with E-state index in [-0.39, 0.29) is 28.9 Å². The average Bonchev–Trinajstić information content (AvgIpc) is 3.54. The molecule has 36 heavy (non-hydrogen) atoms. The van der Waals surface area contributed by atoms with Crippen molar-refractivity contribution in [3.8, 4) is 11.5 Å². The summed E-state index contributed by atoms with van der Waals surface area (Å²) >= 11 is 1.28. The number of fused-ring (bicyclic) bond motifs is 2. The summed E-state index contributed by atoms with van der Waals surface area (Å²) in [7, 11) is 0. The first-order valence-corrected chi connectivity index (χ1v) is 12.1. The number of hydrogen-bond acceptors (Lipinski definition) is 7. The Morgan fingerprint density at radius 3 is 2.69 bits per heavy atom. The highest BCUT2D eigenvalue weighted by atomic mass is 32.1. The summed E-state index contributed by atoms with van der Waals surface area (Å²) in [5.74, 6) is -1.16. The normalized spacial score (nSPS) is 13.7. The van der Waals surface area contributed by atoms with Crippen LogP contribution in [0.3, 0.4) is 0 Å². The second kappa shape index (κ2) is 9.08. The number of nitrogens with one attached hydrogen (secondary N) is 1. The summed E-state index contributed by atoms with van der Waals surface area (Å²) in [6.45, 7) is 3.46. The second-order valence-corrected chi connectivity index (χ2v) is 9.73. The molecule has 1 amide bonds. The standard InChI is InChI=1S/C24H21F3N4O4S/c1-12(2)35-23(33)20-13-6-3-4-8-17(13)36-22(20)29-21(32)15-11-19-28-14(16-7-5-9-34-16)10-18(24(25,26)27)31(19)30-15/h5,7,9-12H,3-4,6,8H2,1-2H3,(H,29,32). The van der Waals surface area contributed by atoms with Crippen LogP contribution in [-0.4, -0.2) is 32.6 Å². The largest absolute Gasteiger partial charge is 0.463 e. The number of carbonyl (C=O) groups excluding carboxylic acids is 2. The van der Waals surface area contributed by atoms with E-state index in [0.29, 0.717) is 21.5 Å². The number of nitrogens with zero attached hydrogens (tertiary/aromatic N) is 3. The zero-order valence-electron chi connectivity index (χ0n) is 19.3. The third-order valence-corrected chi connectivity index (χ3v) is 6.88. The van der Waals surface area contributed by atoms with Gasteiger partial charge in [-0.15, -0.1) is 11.3 Å². The fraction of sp³-hybridized carbons (Fsp3) is 0.333. The fourth-order valence-corrected chi connectivity index (χ4v) is 5.42. The van der Waals surface area contributed by atoms with E-state index in [9.17, 15) is 22.8 Å². The van der Waals surface area contributed by atoms with Gasteiger partial charge < -0.3 is 14.5 Å². The summed E-state index contributed by atoms with van der Waals surface area (Å²) < 4.78 is 52.6. The second-order valence-electron chi connectivity index (χ2n) is 8.62. The van der Waals surface area contributed by atoms with Crippen LogP contribution in [0.2, 0.25) is 0 Å². The summed E-state index contributed by atoms with van der Waals surface area (Å²) in [4.78, 5) is 31.1. The zero-order valence-corrected chi connectivity index (χ0v) is 20.1. The van der Waals surface area contributed by atoms with Crippen LogP contribution in [0, 0.1) is 0 Å². The van der Waals surface area contributed by atoms with Crippen LogP contribution in [0.15, 0.2) is 34.9 Å². The molecule has 0 bridgehead atoms. The lowest BCUT2D eigenvalue weighted by molar-refractivity contribution is -0.142. The SMILES string of the molecule is CC(C)OC(=O)c1c(NC(=O)c2cc3nc(-c4ccco4)cc(C(F)(F)F)n3n2)sc2c1CCCC2. The third kappa shape index (κ3) is 4.48. The molecule has 8 nitrogen and oxygen atoms in total. The molecule has 4 aromatic heterocycles. The molecule has 5 rings (SSSR count). The van der Waals surface area contributed by atoms with Gasteiger partial charge in [-0.3, -0.25) is 4.79 Å². The van der Waals surface area contributed by atoms with Crippen molar-refractivity contribution in [3.63, 3.8) is 0 Å². The number of hydrogen-bond donors (Lipinski definition) is 1. The fourth-order valence-electron chi connectivity index (χ4n) is 4.15. The lowest BCUT2D eigenvalue weighted by Gasteiger charge is -2.14. The van der Waals surface area contributed by atoms with E-state index in [4.69, 9.17) is 9.15 Å². The minimum atomic E-state index is -4.76. The smallest absolute Gasteiger partial charge is 0.433 e. The molecule has 4 aromatic rings. The van der Waals surface area contributed by atoms with Crippen molar-refractivity contribution >= 4 is 33.9 Å². The number of aromatic nitrogens is 3. The molecule has 0 aromatic carbocycles. The number of halogens is 3. The van der Waals surface area contributed by atoms with Gasteiger partial charge in [-0.2, -0.15) is 18.3 Å². The molecule has 0 saturated carbocycles. The van der Waals surface area contributed by atoms with Gasteiger partial charge in [-0.05, 0) is 63.3 Å². The minimum absolute atomic E-state index is 0.0451. The van der Waals surface area contributed by atoms with Gasteiger partial charge in [-0.1, -0.05) is 0 Å². The Hall–Kier alpha value is -3.67. The highest BCUT2D eigenvalue weighted by Crippen LogP contribution is 2.39. The monoisotopic (exact) mass is 518 g/mol. The molecule has 188 valence electrons. The summed E-state index contributed by atoms with van der Waals surface area (Å²) in [6.07, 6.45) is -0.442. The number of aryl methyl sites for hydroxylation is 1. The number of esters is 1. The molecule has 4 heterocycles. The Labute approximate surface area is 207 Å². The predicted octanol–water partition coefficient (Wildman–Crippen LogP) is 5.77. The molecule has 0 spiro atoms. The van der Waals surface area contributed by atoms with Crippen LogP contribution in [0.25, 0.3) is 17.1 Å². The first-order chi connectivity index (χ1) is 17.1. The van der Waals surface area contributed by atoms with E-state index in [1.165, 1.54) is 29.7 Å². The van der Waals surface area contributed by atoms with E-state index in [0.717, 1.165) is 41.8 Å². The summed E-state index contributed by atoms with van der Waals surface area (Å²) in [5, 5.41) is 6.86. The molecular formula is C24H21F3N4O4S. The Bertz CT molecular complexity index is 1450. The number of carbonyl (C=O) groups is 2. The minimum Gasteiger partial charge on any atom is -0.463 e. The maximum atomic E-state index is 13.8. The Balaban J connectivity index is 1.53. The molecular weight excluding hydrogens is 497 g/mol. The van der Waals surface area contributed by atoms with Crippen molar-refractivity contribution in [2.24, 2.45) is 0 Å². The summed E-state index contributed by atoms with van der Waals surface area (Å²) in [6, 6.07) is 5.00. The number of ether oxygens (including phenoxy) is 1. The van der Waals surface area contributed by atoms with Gasteiger partial charge >= 0.3 is 12.1 Å². The number of anilines is 1. The molecule has 1 aliphatic rings. The molecule has 1 aliphatic carbocycles. The van der Waals surface area contributed by atoms with Crippen LogP contribution in [0.1, 0.15) is 63.7 Å². The molecule has 0 fully saturated rings. The molecule has 12 heteroatoms. The highest BCUT2D eigenvalue weighted by molar-refractivity contribution is 7.17. The number of thiophene rings is 1. The molecule has 0 aliphatic heterocycles. The van der Waals surface area contributed by atoms with E-state index < -0.39 is 23.7 Å². The molecule has 0 atom stereocenters. The lowest BCUT2D eigenvalue weighted by Crippen LogP contribution is -2.18. The van der Waals surface area contributed by atoms with Crippen LogP contribution in [0.5, 0.6) is 0 Å². The van der Waals surface area contributed by atoms with Crippen LogP contribution < -0.4 is 5.32 Å². The van der Waals surface area contributed by atoms with Gasteiger partial charge in [0.1, 0.15) is 10.7 Å². The van der Waals surface area contributed by atoms with Crippen molar-refractivity contribution in [3.05, 3.63) is 57.9 Å². The molecule has 0 radical (unpaired) electrons. The van der Waals surface area contributed by atoms with Gasteiger partial charge in [-0.25, -0.2) is 14.3 Å². The maximum absolute atomic E-state index is 13.8. The molecule has 0 saturated heterocycles. The highest BCUT2D eigenvalue weighted by Gasteiger charge is 2.36. The van der Waals surface area contributed by atoms with Gasteiger partial charge in [0, 0.05) is 10.9 Å². The van der Waals surface area contributed by atoms with Gasteiger partial charge in [0.25, 0.3) is 5.91 Å².